The first-order chi connectivity index (χ1) is 14.1. The molecule has 0 unspecified atom stereocenters. The Bertz CT molecular complexity index is 1010. The number of thiophene rings is 1. The molecule has 1 saturated carbocycles. The van der Waals surface area contributed by atoms with E-state index in [-0.39, 0.29) is 17.8 Å². The fraction of sp³-hybridized carbons (Fsp3) is 0.524. The minimum atomic E-state index is -0.979. The lowest BCUT2D eigenvalue weighted by atomic mass is 9.87. The van der Waals surface area contributed by atoms with Gasteiger partial charge in [-0.05, 0) is 51.4 Å². The summed E-state index contributed by atoms with van der Waals surface area (Å²) in [6, 6.07) is 0. The van der Waals surface area contributed by atoms with Crippen LogP contribution in [0.4, 0.5) is 0 Å². The van der Waals surface area contributed by atoms with E-state index in [9.17, 15) is 14.7 Å². The second-order valence-electron chi connectivity index (χ2n) is 7.92. The van der Waals surface area contributed by atoms with Crippen LogP contribution in [0, 0.1) is 0 Å². The van der Waals surface area contributed by atoms with E-state index in [2.05, 4.69) is 10.1 Å². The second-order valence-corrected chi connectivity index (χ2v) is 8.99. The number of nitrogens with zero attached hydrogens (tertiary/aromatic N) is 2. The lowest BCUT2D eigenvalue weighted by molar-refractivity contribution is -0.133. The van der Waals surface area contributed by atoms with Crippen molar-refractivity contribution in [3.8, 4) is 16.5 Å². The van der Waals surface area contributed by atoms with Gasteiger partial charge in [0.1, 0.15) is 0 Å². The standard InChI is InChI=1S/C21H22N2O5S/c24-15(12-4-1-2-5-13(12)20(25)26)10-16-17(14-6-3-9-27-21(14)29-16)19-22-18(23-28-19)11-7-8-11/h11H,1-10H2,(H,25,26). The molecule has 0 spiro atoms. The first-order valence-corrected chi connectivity index (χ1v) is 11.0. The molecule has 5 rings (SSSR count). The average Bonchev–Trinajstić information content (AvgIpc) is 3.35. The number of allylic oxidation sites excluding steroid dienone is 1. The summed E-state index contributed by atoms with van der Waals surface area (Å²) < 4.78 is 11.4. The van der Waals surface area contributed by atoms with Crippen LogP contribution >= 0.6 is 11.3 Å². The zero-order valence-corrected chi connectivity index (χ0v) is 16.8. The zero-order valence-electron chi connectivity index (χ0n) is 16.0. The van der Waals surface area contributed by atoms with Gasteiger partial charge >= 0.3 is 5.97 Å². The monoisotopic (exact) mass is 414 g/mol. The summed E-state index contributed by atoms with van der Waals surface area (Å²) >= 11 is 1.45. The van der Waals surface area contributed by atoms with Gasteiger partial charge in [-0.1, -0.05) is 5.16 Å². The van der Waals surface area contributed by atoms with E-state index in [1.165, 1.54) is 11.3 Å². The number of Topliss-reactive ketones (excluding diaryl/α,β-unsaturated/α-hetero) is 1. The van der Waals surface area contributed by atoms with Crippen molar-refractivity contribution in [1.82, 2.24) is 10.1 Å². The summed E-state index contributed by atoms with van der Waals surface area (Å²) in [5.41, 5.74) is 2.59. The molecule has 8 heteroatoms. The third kappa shape index (κ3) is 3.50. The third-order valence-electron chi connectivity index (χ3n) is 5.83. The largest absolute Gasteiger partial charge is 0.484 e. The molecule has 0 aromatic carbocycles. The van der Waals surface area contributed by atoms with Crippen LogP contribution in [0.2, 0.25) is 0 Å². The summed E-state index contributed by atoms with van der Waals surface area (Å²) in [7, 11) is 0. The summed E-state index contributed by atoms with van der Waals surface area (Å²) in [6.45, 7) is 0.659. The number of carboxylic acid groups (broad SMARTS) is 1. The van der Waals surface area contributed by atoms with Gasteiger partial charge in [-0.3, -0.25) is 4.79 Å². The number of ether oxygens (including phenoxy) is 1. The van der Waals surface area contributed by atoms with Gasteiger partial charge in [0.2, 0.25) is 0 Å². The molecule has 0 amide bonds. The summed E-state index contributed by atoms with van der Waals surface area (Å²) in [4.78, 5) is 30.1. The van der Waals surface area contributed by atoms with Gasteiger partial charge in [0.25, 0.3) is 5.89 Å². The molecule has 0 saturated heterocycles. The molecule has 2 aromatic heterocycles. The minimum absolute atomic E-state index is 0.121. The van der Waals surface area contributed by atoms with E-state index in [1.54, 1.807) is 0 Å². The fourth-order valence-corrected chi connectivity index (χ4v) is 5.38. The number of aliphatic carboxylic acids is 1. The van der Waals surface area contributed by atoms with E-state index in [0.29, 0.717) is 36.8 Å². The number of fused-ring (bicyclic) bond motifs is 1. The number of carboxylic acids is 1. The molecule has 2 aromatic rings. The van der Waals surface area contributed by atoms with Crippen molar-refractivity contribution in [1.29, 1.82) is 0 Å². The Morgan fingerprint density at radius 2 is 1.90 bits per heavy atom. The van der Waals surface area contributed by atoms with E-state index in [0.717, 1.165) is 65.4 Å². The van der Waals surface area contributed by atoms with Crippen molar-refractivity contribution in [2.75, 3.05) is 6.61 Å². The number of ketones is 1. The van der Waals surface area contributed by atoms with Crippen molar-refractivity contribution in [2.45, 2.75) is 63.7 Å². The zero-order chi connectivity index (χ0) is 20.0. The Morgan fingerprint density at radius 3 is 2.66 bits per heavy atom. The number of carbonyl (C=O) groups is 2. The van der Waals surface area contributed by atoms with Crippen molar-refractivity contribution < 1.29 is 24.0 Å². The van der Waals surface area contributed by atoms with E-state index in [4.69, 9.17) is 9.26 Å². The van der Waals surface area contributed by atoms with Gasteiger partial charge in [0, 0.05) is 33.9 Å². The van der Waals surface area contributed by atoms with Crippen LogP contribution in [0.25, 0.3) is 11.5 Å². The molecule has 2 aliphatic carbocycles. The third-order valence-corrected chi connectivity index (χ3v) is 6.97. The van der Waals surface area contributed by atoms with E-state index in [1.807, 2.05) is 0 Å². The van der Waals surface area contributed by atoms with Crippen LogP contribution in [0.1, 0.15) is 67.1 Å². The number of carbonyl (C=O) groups excluding carboxylic acids is 1. The van der Waals surface area contributed by atoms with Gasteiger partial charge in [0.15, 0.2) is 16.7 Å². The first-order valence-electron chi connectivity index (χ1n) is 10.2. The molecule has 1 N–H and O–H groups in total. The number of aromatic nitrogens is 2. The maximum Gasteiger partial charge on any atom is 0.331 e. The molecule has 3 aliphatic rings. The summed E-state index contributed by atoms with van der Waals surface area (Å²) in [6.07, 6.45) is 6.72. The smallest absolute Gasteiger partial charge is 0.331 e. The van der Waals surface area contributed by atoms with Crippen molar-refractivity contribution in [2.24, 2.45) is 0 Å². The van der Waals surface area contributed by atoms with Crippen LogP contribution < -0.4 is 4.74 Å². The molecular formula is C21H22N2O5S. The maximum atomic E-state index is 13.1. The predicted octanol–water partition coefficient (Wildman–Crippen LogP) is 4.07. The fourth-order valence-electron chi connectivity index (χ4n) is 4.17. The first kappa shape index (κ1) is 18.5. The summed E-state index contributed by atoms with van der Waals surface area (Å²) in [5.74, 6) is 0.469. The molecule has 7 nitrogen and oxygen atoms in total. The van der Waals surface area contributed by atoms with Crippen LogP contribution in [0.15, 0.2) is 15.7 Å². The van der Waals surface area contributed by atoms with Crippen LogP contribution in [-0.2, 0) is 22.4 Å². The molecule has 1 fully saturated rings. The van der Waals surface area contributed by atoms with Gasteiger partial charge in [0.05, 0.1) is 12.2 Å². The highest BCUT2D eigenvalue weighted by atomic mass is 32.1. The average molecular weight is 414 g/mol. The van der Waals surface area contributed by atoms with Crippen LogP contribution in [-0.4, -0.2) is 33.6 Å². The lowest BCUT2D eigenvalue weighted by Crippen LogP contribution is -2.17. The normalized spacial score (nSPS) is 19.0. The van der Waals surface area contributed by atoms with Crippen molar-refractivity contribution >= 4 is 23.1 Å². The highest BCUT2D eigenvalue weighted by Crippen LogP contribution is 2.46. The molecule has 0 atom stereocenters. The van der Waals surface area contributed by atoms with Gasteiger partial charge < -0.3 is 14.4 Å². The Hall–Kier alpha value is -2.48. The molecule has 0 radical (unpaired) electrons. The second kappa shape index (κ2) is 7.40. The van der Waals surface area contributed by atoms with Gasteiger partial charge in [-0.25, -0.2) is 4.79 Å². The lowest BCUT2D eigenvalue weighted by Gasteiger charge is -2.16. The van der Waals surface area contributed by atoms with Crippen LogP contribution in [0.3, 0.4) is 0 Å². The Labute approximate surface area is 171 Å². The Balaban J connectivity index is 1.51. The summed E-state index contributed by atoms with van der Waals surface area (Å²) in [5, 5.41) is 14.4. The highest BCUT2D eigenvalue weighted by Gasteiger charge is 2.33. The Kier molecular flexibility index (Phi) is 4.73. The predicted molar refractivity (Wildman–Crippen MR) is 105 cm³/mol. The molecule has 1 aliphatic heterocycles. The Morgan fingerprint density at radius 1 is 1.10 bits per heavy atom. The van der Waals surface area contributed by atoms with Crippen molar-refractivity contribution in [3.05, 3.63) is 27.4 Å². The van der Waals surface area contributed by atoms with E-state index >= 15 is 0 Å². The molecule has 152 valence electrons. The quantitative estimate of drug-likeness (QED) is 0.760. The van der Waals surface area contributed by atoms with Crippen LogP contribution in [0.5, 0.6) is 5.06 Å². The van der Waals surface area contributed by atoms with Crippen molar-refractivity contribution in [3.63, 3.8) is 0 Å². The number of rotatable bonds is 6. The molecule has 3 heterocycles. The van der Waals surface area contributed by atoms with E-state index < -0.39 is 5.97 Å². The molecular weight excluding hydrogens is 392 g/mol. The molecule has 29 heavy (non-hydrogen) atoms. The van der Waals surface area contributed by atoms with Gasteiger partial charge in [-0.15, -0.1) is 11.3 Å². The van der Waals surface area contributed by atoms with Gasteiger partial charge in [-0.2, -0.15) is 4.98 Å². The highest BCUT2D eigenvalue weighted by molar-refractivity contribution is 7.14. The number of hydrogen-bond donors (Lipinski definition) is 1. The maximum absolute atomic E-state index is 13.1. The SMILES string of the molecule is O=C(O)C1=C(C(=O)Cc2sc3c(c2-c2nc(C4CC4)no2)CCCO3)CCCC1. The minimum Gasteiger partial charge on any atom is -0.484 e. The number of hydrogen-bond acceptors (Lipinski definition) is 7. The topological polar surface area (TPSA) is 103 Å². The molecule has 0 bridgehead atoms.